The normalized spacial score (nSPS) is 17.0. The van der Waals surface area contributed by atoms with Crippen LogP contribution in [-0.2, 0) is 0 Å². The van der Waals surface area contributed by atoms with E-state index in [0.29, 0.717) is 27.4 Å². The highest BCUT2D eigenvalue weighted by molar-refractivity contribution is 7.15. The molecule has 2 aromatic rings. The van der Waals surface area contributed by atoms with E-state index in [0.717, 1.165) is 23.5 Å². The largest absolute Gasteiger partial charge is 0.350 e. The molecule has 140 valence electrons. The topological polar surface area (TPSA) is 74.7 Å². The summed E-state index contributed by atoms with van der Waals surface area (Å²) in [5.41, 5.74) is 3.39. The molecule has 0 aliphatic heterocycles. The van der Waals surface area contributed by atoms with Gasteiger partial charge in [-0.3, -0.25) is 9.59 Å². The third kappa shape index (κ3) is 4.31. The highest BCUT2D eigenvalue weighted by atomic mass is 32.1. The van der Waals surface area contributed by atoms with E-state index in [1.54, 1.807) is 26.5 Å². The van der Waals surface area contributed by atoms with Gasteiger partial charge in [0.1, 0.15) is 4.83 Å². The van der Waals surface area contributed by atoms with Crippen LogP contribution in [0.3, 0.4) is 0 Å². The van der Waals surface area contributed by atoms with Crippen molar-refractivity contribution in [2.24, 2.45) is 10.9 Å². The number of hydrogen-bond donors (Lipinski definition) is 1. The second-order valence-electron chi connectivity index (χ2n) is 6.84. The summed E-state index contributed by atoms with van der Waals surface area (Å²) in [6.45, 7) is 4.31. The molecule has 1 amide bonds. The van der Waals surface area contributed by atoms with Gasteiger partial charge in [0, 0.05) is 37.4 Å². The molecule has 0 saturated heterocycles. The average molecular weight is 382 g/mol. The Labute approximate surface area is 162 Å². The molecule has 0 saturated carbocycles. The smallest absolute Gasteiger partial charge is 0.254 e. The molecule has 6 nitrogen and oxygen atoms in total. The minimum atomic E-state index is -0.142. The summed E-state index contributed by atoms with van der Waals surface area (Å²) in [4.78, 5) is 34.9. The van der Waals surface area contributed by atoms with Gasteiger partial charge in [-0.05, 0) is 31.4 Å². The van der Waals surface area contributed by atoms with Crippen LogP contribution in [0.2, 0.25) is 0 Å². The van der Waals surface area contributed by atoms with Crippen molar-refractivity contribution in [3.05, 3.63) is 56.9 Å². The van der Waals surface area contributed by atoms with E-state index in [-0.39, 0.29) is 10.6 Å². The molecule has 1 aliphatic rings. The van der Waals surface area contributed by atoms with Crippen molar-refractivity contribution in [1.29, 1.82) is 0 Å². The van der Waals surface area contributed by atoms with Gasteiger partial charge in [-0.2, -0.15) is 0 Å². The van der Waals surface area contributed by atoms with Crippen LogP contribution in [-0.4, -0.2) is 36.2 Å². The molecule has 0 spiro atoms. The van der Waals surface area contributed by atoms with Crippen LogP contribution in [0.1, 0.15) is 30.6 Å². The summed E-state index contributed by atoms with van der Waals surface area (Å²) in [5.74, 6) is 0.347. The summed E-state index contributed by atoms with van der Waals surface area (Å²) in [5, 5.41) is 3.88. The second kappa shape index (κ2) is 7.84. The number of allylic oxidation sites excluding steroid dienone is 4. The summed E-state index contributed by atoms with van der Waals surface area (Å²) in [7, 11) is 3.38. The molecular formula is C20H22N4O2S. The number of hydrogen-bond acceptors (Lipinski definition) is 5. The number of amides is 1. The van der Waals surface area contributed by atoms with Crippen LogP contribution in [0, 0.1) is 5.92 Å². The predicted octanol–water partition coefficient (Wildman–Crippen LogP) is 3.48. The van der Waals surface area contributed by atoms with Gasteiger partial charge in [0.05, 0.1) is 17.6 Å². The fourth-order valence-electron chi connectivity index (χ4n) is 2.76. The van der Waals surface area contributed by atoms with Gasteiger partial charge in [-0.15, -0.1) is 0 Å². The van der Waals surface area contributed by atoms with Crippen LogP contribution >= 0.6 is 11.3 Å². The molecular weight excluding hydrogens is 360 g/mol. The maximum Gasteiger partial charge on any atom is 0.254 e. The lowest BCUT2D eigenvalue weighted by molar-refractivity contribution is 0.0827. The molecule has 1 aliphatic carbocycles. The van der Waals surface area contributed by atoms with E-state index in [9.17, 15) is 9.59 Å². The zero-order valence-electron chi connectivity index (χ0n) is 15.8. The number of fused-ring (bicyclic) bond motifs is 1. The number of carbonyl (C=O) groups is 1. The van der Waals surface area contributed by atoms with Crippen molar-refractivity contribution in [2.45, 2.75) is 20.3 Å². The van der Waals surface area contributed by atoms with Gasteiger partial charge in [-0.1, -0.05) is 29.9 Å². The van der Waals surface area contributed by atoms with Crippen molar-refractivity contribution in [2.75, 3.05) is 14.1 Å². The fourth-order valence-corrected chi connectivity index (χ4v) is 3.50. The number of pyridine rings is 1. The minimum Gasteiger partial charge on any atom is -0.350 e. The molecule has 0 bridgehead atoms. The van der Waals surface area contributed by atoms with Gasteiger partial charge >= 0.3 is 0 Å². The molecule has 7 heteroatoms. The van der Waals surface area contributed by atoms with E-state index < -0.39 is 0 Å². The zero-order chi connectivity index (χ0) is 19.6. The summed E-state index contributed by atoms with van der Waals surface area (Å²) >= 11 is 1.04. The molecule has 0 aromatic carbocycles. The van der Waals surface area contributed by atoms with Crippen LogP contribution in [0.5, 0.6) is 0 Å². The van der Waals surface area contributed by atoms with E-state index in [2.05, 4.69) is 35.2 Å². The first-order valence-corrected chi connectivity index (χ1v) is 9.49. The molecule has 27 heavy (non-hydrogen) atoms. The molecule has 1 N–H and O–H groups in total. The first-order valence-electron chi connectivity index (χ1n) is 8.67. The number of rotatable bonds is 4. The summed E-state index contributed by atoms with van der Waals surface area (Å²) in [6, 6.07) is 3.21. The van der Waals surface area contributed by atoms with Gasteiger partial charge in [0.25, 0.3) is 5.91 Å². The Kier molecular flexibility index (Phi) is 5.51. The number of aliphatic imine (C=N–C) groups is 1. The number of nitrogens with one attached hydrogen (secondary N) is 1. The van der Waals surface area contributed by atoms with E-state index in [1.165, 1.54) is 22.7 Å². The summed E-state index contributed by atoms with van der Waals surface area (Å²) in [6.07, 6.45) is 8.15. The Hall–Kier alpha value is -2.80. The Morgan fingerprint density at radius 2 is 2.15 bits per heavy atom. The van der Waals surface area contributed by atoms with Gasteiger partial charge in [0.2, 0.25) is 4.74 Å². The highest BCUT2D eigenvalue weighted by Crippen LogP contribution is 2.26. The first-order chi connectivity index (χ1) is 12.8. The number of nitrogens with zero attached hydrogens (tertiary/aromatic N) is 3. The molecule has 3 rings (SSSR count). The van der Waals surface area contributed by atoms with Crippen molar-refractivity contribution in [3.63, 3.8) is 0 Å². The zero-order valence-corrected chi connectivity index (χ0v) is 16.6. The standard InChI is InChI=1S/C20H22N4O2S/c1-12-5-6-15(7-13(12)2)22-11-23-17-9-18(25)27-19-16(17)8-14(10-21-19)20(26)24(3)4/h5-6,8-11,13H,7H2,1-4H3,(H,22,23). The Balaban J connectivity index is 1.92. The number of carbonyl (C=O) groups excluding carboxylic acids is 1. The lowest BCUT2D eigenvalue weighted by Gasteiger charge is -2.18. The van der Waals surface area contributed by atoms with Crippen molar-refractivity contribution in [3.8, 4) is 0 Å². The molecule has 0 fully saturated rings. The minimum absolute atomic E-state index is 0.127. The first kappa shape index (κ1) is 19.0. The van der Waals surface area contributed by atoms with Gasteiger partial charge < -0.3 is 10.2 Å². The Morgan fingerprint density at radius 1 is 1.37 bits per heavy atom. The van der Waals surface area contributed by atoms with Crippen molar-refractivity contribution in [1.82, 2.24) is 15.2 Å². The lowest BCUT2D eigenvalue weighted by atomic mass is 9.93. The Morgan fingerprint density at radius 3 is 2.85 bits per heavy atom. The van der Waals surface area contributed by atoms with E-state index >= 15 is 0 Å². The third-order valence-corrected chi connectivity index (χ3v) is 5.37. The van der Waals surface area contributed by atoms with E-state index in [4.69, 9.17) is 0 Å². The van der Waals surface area contributed by atoms with Crippen molar-refractivity contribution < 1.29 is 4.79 Å². The van der Waals surface area contributed by atoms with Crippen LogP contribution in [0.15, 0.2) is 51.5 Å². The molecule has 2 heterocycles. The van der Waals surface area contributed by atoms with Gasteiger partial charge in [-0.25, -0.2) is 9.98 Å². The van der Waals surface area contributed by atoms with E-state index in [1.807, 2.05) is 6.08 Å². The quantitative estimate of drug-likeness (QED) is 0.649. The SMILES string of the molecule is CC1=CC=C(NC=Nc2cc(=O)sc3ncc(C(=O)N(C)C)cc23)CC1C. The third-order valence-electron chi connectivity index (χ3n) is 4.54. The number of aromatic nitrogens is 1. The highest BCUT2D eigenvalue weighted by Gasteiger charge is 2.13. The molecule has 0 radical (unpaired) electrons. The second-order valence-corrected chi connectivity index (χ2v) is 7.83. The van der Waals surface area contributed by atoms with Crippen LogP contribution in [0.25, 0.3) is 10.2 Å². The van der Waals surface area contributed by atoms with Crippen molar-refractivity contribution >= 4 is 39.5 Å². The van der Waals surface area contributed by atoms with Gasteiger partial charge in [0.15, 0.2) is 0 Å². The average Bonchev–Trinajstić information content (AvgIpc) is 2.63. The maximum absolute atomic E-state index is 12.2. The summed E-state index contributed by atoms with van der Waals surface area (Å²) < 4.78 is -0.127. The lowest BCUT2D eigenvalue weighted by Crippen LogP contribution is -2.21. The molecule has 2 aromatic heterocycles. The predicted molar refractivity (Wildman–Crippen MR) is 111 cm³/mol. The molecule has 1 atom stereocenters. The maximum atomic E-state index is 12.2. The van der Waals surface area contributed by atoms with Crippen LogP contribution in [0.4, 0.5) is 5.69 Å². The Bertz CT molecular complexity index is 1030. The van der Waals surface area contributed by atoms with Crippen LogP contribution < -0.4 is 10.1 Å². The fraction of sp³-hybridized carbons (Fsp3) is 0.300. The molecule has 1 unspecified atom stereocenters. The monoisotopic (exact) mass is 382 g/mol.